The van der Waals surface area contributed by atoms with Crippen molar-refractivity contribution in [2.45, 2.75) is 13.5 Å². The van der Waals surface area contributed by atoms with Crippen molar-refractivity contribution in [3.05, 3.63) is 34.9 Å². The van der Waals surface area contributed by atoms with Crippen LogP contribution in [0.5, 0.6) is 0 Å². The maximum absolute atomic E-state index is 12.0. The van der Waals surface area contributed by atoms with Crippen molar-refractivity contribution in [2.24, 2.45) is 0 Å². The largest absolute Gasteiger partial charge is 0.480 e. The first kappa shape index (κ1) is 17.5. The number of carboxylic acids is 1. The van der Waals surface area contributed by atoms with Gasteiger partial charge < -0.3 is 10.0 Å². The lowest BCUT2D eigenvalue weighted by Crippen LogP contribution is -2.39. The number of nitrogens with zero attached hydrogens (tertiary/aromatic N) is 1. The molecule has 1 rings (SSSR count). The van der Waals surface area contributed by atoms with Crippen molar-refractivity contribution in [2.75, 3.05) is 18.1 Å². The van der Waals surface area contributed by atoms with Gasteiger partial charge in [-0.1, -0.05) is 30.7 Å². The monoisotopic (exact) mass is 333 g/mol. The number of hydrogen-bond donors (Lipinski definition) is 1. The molecule has 1 aromatic carbocycles. The fraction of sp³-hybridized carbons (Fsp3) is 0.385. The summed E-state index contributed by atoms with van der Waals surface area (Å²) in [4.78, 5) is 23.8. The Hall–Kier alpha value is -1.60. The molecule has 6 nitrogen and oxygen atoms in total. The van der Waals surface area contributed by atoms with Gasteiger partial charge in [-0.05, 0) is 17.7 Å². The molecule has 0 aromatic heterocycles. The normalized spacial score (nSPS) is 11.1. The van der Waals surface area contributed by atoms with E-state index in [9.17, 15) is 18.0 Å². The van der Waals surface area contributed by atoms with Crippen molar-refractivity contribution in [3.8, 4) is 0 Å². The number of hydrogen-bond acceptors (Lipinski definition) is 4. The summed E-state index contributed by atoms with van der Waals surface area (Å²) < 4.78 is 23.0. The Labute approximate surface area is 128 Å². The highest BCUT2D eigenvalue weighted by Crippen LogP contribution is 2.12. The molecule has 1 N–H and O–H groups in total. The molecule has 1 aromatic rings. The van der Waals surface area contributed by atoms with Crippen LogP contribution >= 0.6 is 11.6 Å². The summed E-state index contributed by atoms with van der Waals surface area (Å²) in [6, 6.07) is 6.53. The van der Waals surface area contributed by atoms with Crippen LogP contribution in [0.1, 0.15) is 12.5 Å². The molecular weight excluding hydrogens is 318 g/mol. The van der Waals surface area contributed by atoms with E-state index in [0.717, 1.165) is 4.90 Å². The maximum Gasteiger partial charge on any atom is 0.323 e. The molecule has 0 saturated carbocycles. The second-order valence-corrected chi connectivity index (χ2v) is 7.24. The van der Waals surface area contributed by atoms with Crippen molar-refractivity contribution in [1.29, 1.82) is 0 Å². The molecule has 0 saturated heterocycles. The number of aliphatic carboxylic acids is 1. The van der Waals surface area contributed by atoms with Crippen LogP contribution in [-0.4, -0.2) is 48.4 Å². The Kier molecular flexibility index (Phi) is 6.17. The standard InChI is InChI=1S/C13H16ClNO5S/c1-2-21(19,20)9-12(16)15(8-13(17)18)7-10-3-5-11(14)6-4-10/h3-6H,2,7-9H2,1H3,(H,17,18). The van der Waals surface area contributed by atoms with Crippen LogP contribution in [-0.2, 0) is 26.0 Å². The third kappa shape index (κ3) is 6.14. The molecule has 1 amide bonds. The maximum atomic E-state index is 12.0. The molecule has 0 heterocycles. The smallest absolute Gasteiger partial charge is 0.323 e. The summed E-state index contributed by atoms with van der Waals surface area (Å²) in [6.07, 6.45) is 0. The molecule has 0 aliphatic heterocycles. The predicted octanol–water partition coefficient (Wildman–Crippen LogP) is 1.19. The molecule has 8 heteroatoms. The van der Waals surface area contributed by atoms with Crippen molar-refractivity contribution < 1.29 is 23.1 Å². The van der Waals surface area contributed by atoms with Crippen molar-refractivity contribution in [3.63, 3.8) is 0 Å². The van der Waals surface area contributed by atoms with Gasteiger partial charge in [-0.3, -0.25) is 9.59 Å². The molecule has 0 spiro atoms. The molecule has 0 unspecified atom stereocenters. The van der Waals surface area contributed by atoms with E-state index in [1.807, 2.05) is 0 Å². The van der Waals surface area contributed by atoms with E-state index >= 15 is 0 Å². The average Bonchev–Trinajstić information content (AvgIpc) is 2.39. The van der Waals surface area contributed by atoms with E-state index in [1.165, 1.54) is 6.92 Å². The third-order valence-corrected chi connectivity index (χ3v) is 4.57. The van der Waals surface area contributed by atoms with Crippen molar-refractivity contribution >= 4 is 33.3 Å². The van der Waals surface area contributed by atoms with E-state index < -0.39 is 34.0 Å². The molecule has 0 atom stereocenters. The van der Waals surface area contributed by atoms with E-state index in [4.69, 9.17) is 16.7 Å². The van der Waals surface area contributed by atoms with Crippen LogP contribution in [0.25, 0.3) is 0 Å². The topological polar surface area (TPSA) is 91.8 Å². The lowest BCUT2D eigenvalue weighted by atomic mass is 10.2. The van der Waals surface area contributed by atoms with Gasteiger partial charge in [-0.15, -0.1) is 0 Å². The summed E-state index contributed by atoms with van der Waals surface area (Å²) in [7, 11) is -3.50. The summed E-state index contributed by atoms with van der Waals surface area (Å²) >= 11 is 5.75. The van der Waals surface area contributed by atoms with Crippen LogP contribution in [0.2, 0.25) is 5.02 Å². The molecule has 0 aliphatic rings. The van der Waals surface area contributed by atoms with E-state index in [1.54, 1.807) is 24.3 Å². The number of sulfone groups is 1. The number of carbonyl (C=O) groups excluding carboxylic acids is 1. The van der Waals surface area contributed by atoms with Gasteiger partial charge in [-0.25, -0.2) is 8.42 Å². The first-order chi connectivity index (χ1) is 9.73. The zero-order chi connectivity index (χ0) is 16.0. The van der Waals surface area contributed by atoms with Gasteiger partial charge in [0.1, 0.15) is 12.3 Å². The van der Waals surface area contributed by atoms with E-state index in [2.05, 4.69) is 0 Å². The summed E-state index contributed by atoms with van der Waals surface area (Å²) in [5, 5.41) is 9.36. The third-order valence-electron chi connectivity index (χ3n) is 2.75. The van der Waals surface area contributed by atoms with E-state index in [-0.39, 0.29) is 12.3 Å². The minimum atomic E-state index is -3.50. The zero-order valence-electron chi connectivity index (χ0n) is 11.5. The van der Waals surface area contributed by atoms with E-state index in [0.29, 0.717) is 10.6 Å². The Bertz CT molecular complexity index is 612. The van der Waals surface area contributed by atoms with Gasteiger partial charge in [0.15, 0.2) is 9.84 Å². The van der Waals surface area contributed by atoms with Gasteiger partial charge in [-0.2, -0.15) is 0 Å². The predicted molar refractivity (Wildman–Crippen MR) is 78.8 cm³/mol. The first-order valence-electron chi connectivity index (χ1n) is 6.18. The van der Waals surface area contributed by atoms with Gasteiger partial charge in [0, 0.05) is 17.3 Å². The minimum Gasteiger partial charge on any atom is -0.480 e. The zero-order valence-corrected chi connectivity index (χ0v) is 13.0. The SMILES string of the molecule is CCS(=O)(=O)CC(=O)N(CC(=O)O)Cc1ccc(Cl)cc1. The number of amides is 1. The van der Waals surface area contributed by atoms with Crippen molar-refractivity contribution in [1.82, 2.24) is 4.90 Å². The molecule has 0 fully saturated rings. The highest BCUT2D eigenvalue weighted by atomic mass is 35.5. The van der Waals surface area contributed by atoms with Crippen LogP contribution in [0.4, 0.5) is 0 Å². The molecule has 116 valence electrons. The Balaban J connectivity index is 2.87. The van der Waals surface area contributed by atoms with Crippen LogP contribution in [0.3, 0.4) is 0 Å². The number of carbonyl (C=O) groups is 2. The molecular formula is C13H16ClNO5S. The second-order valence-electron chi connectivity index (χ2n) is 4.45. The Morgan fingerprint density at radius 2 is 1.81 bits per heavy atom. The lowest BCUT2D eigenvalue weighted by Gasteiger charge is -2.20. The molecule has 21 heavy (non-hydrogen) atoms. The van der Waals surface area contributed by atoms with Crippen LogP contribution in [0, 0.1) is 0 Å². The van der Waals surface area contributed by atoms with Crippen LogP contribution < -0.4 is 0 Å². The molecule has 0 aliphatic carbocycles. The first-order valence-corrected chi connectivity index (χ1v) is 8.38. The fourth-order valence-corrected chi connectivity index (χ4v) is 2.48. The fourth-order valence-electron chi connectivity index (χ4n) is 1.59. The average molecular weight is 334 g/mol. The summed E-state index contributed by atoms with van der Waals surface area (Å²) in [5.74, 6) is -2.79. The lowest BCUT2D eigenvalue weighted by molar-refractivity contribution is -0.143. The molecule has 0 bridgehead atoms. The minimum absolute atomic E-state index is 0.0154. The number of rotatable bonds is 7. The van der Waals surface area contributed by atoms with Gasteiger partial charge in [0.05, 0.1) is 0 Å². The number of benzene rings is 1. The van der Waals surface area contributed by atoms with Crippen LogP contribution in [0.15, 0.2) is 24.3 Å². The number of carboxylic acid groups (broad SMARTS) is 1. The van der Waals surface area contributed by atoms with Gasteiger partial charge in [0.25, 0.3) is 0 Å². The second kappa shape index (κ2) is 7.42. The Morgan fingerprint density at radius 3 is 2.29 bits per heavy atom. The Morgan fingerprint density at radius 1 is 1.24 bits per heavy atom. The van der Waals surface area contributed by atoms with Gasteiger partial charge in [0.2, 0.25) is 5.91 Å². The quantitative estimate of drug-likeness (QED) is 0.809. The number of halogens is 1. The highest BCUT2D eigenvalue weighted by molar-refractivity contribution is 7.92. The summed E-state index contributed by atoms with van der Waals surface area (Å²) in [6.45, 7) is 0.894. The highest BCUT2D eigenvalue weighted by Gasteiger charge is 2.22. The summed E-state index contributed by atoms with van der Waals surface area (Å²) in [5.41, 5.74) is 0.669. The van der Waals surface area contributed by atoms with Gasteiger partial charge >= 0.3 is 5.97 Å². The molecule has 0 radical (unpaired) electrons.